The lowest BCUT2D eigenvalue weighted by atomic mass is 10.0. The van der Waals surface area contributed by atoms with Gasteiger partial charge in [-0.15, -0.1) is 5.10 Å². The van der Waals surface area contributed by atoms with Gasteiger partial charge in [0.15, 0.2) is 5.82 Å². The number of nitrogens with one attached hydrogen (secondary N) is 1. The predicted octanol–water partition coefficient (Wildman–Crippen LogP) is 3.17. The van der Waals surface area contributed by atoms with Gasteiger partial charge >= 0.3 is 0 Å². The van der Waals surface area contributed by atoms with E-state index in [2.05, 4.69) is 73.6 Å². The second-order valence-electron chi connectivity index (χ2n) is 9.94. The summed E-state index contributed by atoms with van der Waals surface area (Å²) in [5.41, 5.74) is 3.88. The Morgan fingerprint density at radius 1 is 1.08 bits per heavy atom. The zero-order valence-corrected chi connectivity index (χ0v) is 21.2. The molecule has 0 bridgehead atoms. The first-order valence-electron chi connectivity index (χ1n) is 13.3. The van der Waals surface area contributed by atoms with Crippen LogP contribution in [0.15, 0.2) is 59.4 Å². The van der Waals surface area contributed by atoms with Crippen LogP contribution in [-0.2, 0) is 17.7 Å². The van der Waals surface area contributed by atoms with Crippen LogP contribution in [0.5, 0.6) is 0 Å². The summed E-state index contributed by atoms with van der Waals surface area (Å²) in [5.74, 6) is 0.695. The summed E-state index contributed by atoms with van der Waals surface area (Å²) in [7, 11) is 0. The Balaban J connectivity index is 1.38. The standard InChI is InChI=1S/C28H33N7O2/c1-2-20-10-11-25-21(17-20)18-24(28(36)29-25)26(27-30-31-32-35(27)19-23-9-6-16-37-23)34-14-12-33(13-15-34)22-7-4-3-5-8-22/h3-5,7-8,10-11,17-18,23,26H,2,6,9,12-16,19H2,1H3,(H,29,36)/t23-,26-/m1/s1. The number of aryl methyl sites for hydroxylation is 1. The highest BCUT2D eigenvalue weighted by Crippen LogP contribution is 2.29. The zero-order chi connectivity index (χ0) is 25.2. The number of fused-ring (bicyclic) bond motifs is 1. The molecule has 0 aliphatic carbocycles. The van der Waals surface area contributed by atoms with Gasteiger partial charge in [-0.1, -0.05) is 31.2 Å². The van der Waals surface area contributed by atoms with Crippen LogP contribution in [0.3, 0.4) is 0 Å². The number of ether oxygens (including phenoxy) is 1. The van der Waals surface area contributed by atoms with Crippen molar-refractivity contribution >= 4 is 16.6 Å². The van der Waals surface area contributed by atoms with Crippen molar-refractivity contribution < 1.29 is 4.74 Å². The van der Waals surface area contributed by atoms with Crippen LogP contribution in [0.1, 0.15) is 42.8 Å². The van der Waals surface area contributed by atoms with Crippen molar-refractivity contribution in [3.63, 3.8) is 0 Å². The molecular formula is C28H33N7O2. The molecule has 6 rings (SSSR count). The first-order valence-corrected chi connectivity index (χ1v) is 13.3. The van der Waals surface area contributed by atoms with E-state index in [1.807, 2.05) is 22.9 Å². The van der Waals surface area contributed by atoms with Crippen molar-refractivity contribution in [2.75, 3.05) is 37.7 Å². The second-order valence-corrected chi connectivity index (χ2v) is 9.94. The summed E-state index contributed by atoms with van der Waals surface area (Å²) in [6, 6.07) is 18.4. The average Bonchev–Trinajstić information content (AvgIpc) is 3.63. The molecule has 1 N–H and O–H groups in total. The minimum absolute atomic E-state index is 0.0971. The maximum atomic E-state index is 13.5. The van der Waals surface area contributed by atoms with E-state index in [-0.39, 0.29) is 17.7 Å². The molecule has 192 valence electrons. The maximum absolute atomic E-state index is 13.5. The van der Waals surface area contributed by atoms with E-state index in [9.17, 15) is 4.79 Å². The minimum Gasteiger partial charge on any atom is -0.376 e. The number of nitrogens with zero attached hydrogens (tertiary/aromatic N) is 6. The maximum Gasteiger partial charge on any atom is 0.253 e. The van der Waals surface area contributed by atoms with Gasteiger partial charge < -0.3 is 14.6 Å². The third kappa shape index (κ3) is 4.89. The number of anilines is 1. The number of pyridine rings is 1. The molecule has 2 atom stereocenters. The highest BCUT2D eigenvalue weighted by molar-refractivity contribution is 5.80. The second kappa shape index (κ2) is 10.4. The Hall–Kier alpha value is -3.56. The molecule has 2 aliphatic rings. The van der Waals surface area contributed by atoms with E-state index in [1.165, 1.54) is 11.3 Å². The number of aromatic nitrogens is 5. The SMILES string of the molecule is CCc1ccc2[nH]c(=O)c([C@H](c3nnnn3C[C@H]3CCCO3)N3CCN(c4ccccc4)CC3)cc2c1. The highest BCUT2D eigenvalue weighted by Gasteiger charge is 2.33. The molecular weight excluding hydrogens is 466 g/mol. The van der Waals surface area contributed by atoms with E-state index < -0.39 is 0 Å². The molecule has 2 aliphatic heterocycles. The highest BCUT2D eigenvalue weighted by atomic mass is 16.5. The monoisotopic (exact) mass is 499 g/mol. The number of piperazine rings is 1. The van der Waals surface area contributed by atoms with E-state index in [4.69, 9.17) is 4.74 Å². The van der Waals surface area contributed by atoms with Crippen molar-refractivity contribution in [3.8, 4) is 0 Å². The quantitative estimate of drug-likeness (QED) is 0.418. The van der Waals surface area contributed by atoms with Crippen LogP contribution >= 0.6 is 0 Å². The van der Waals surface area contributed by atoms with Gasteiger partial charge in [0.1, 0.15) is 6.04 Å². The Kier molecular flexibility index (Phi) is 6.72. The number of tetrazole rings is 1. The number of benzene rings is 2. The van der Waals surface area contributed by atoms with E-state index in [0.29, 0.717) is 17.9 Å². The van der Waals surface area contributed by atoms with Crippen molar-refractivity contribution in [3.05, 3.63) is 81.9 Å². The Morgan fingerprint density at radius 3 is 2.68 bits per heavy atom. The van der Waals surface area contributed by atoms with Crippen molar-refractivity contribution in [1.29, 1.82) is 0 Å². The van der Waals surface area contributed by atoms with Gasteiger partial charge in [0.05, 0.1) is 12.6 Å². The summed E-state index contributed by atoms with van der Waals surface area (Å²) in [6.07, 6.45) is 3.09. The van der Waals surface area contributed by atoms with Crippen LogP contribution in [0.4, 0.5) is 5.69 Å². The summed E-state index contributed by atoms with van der Waals surface area (Å²) in [5, 5.41) is 13.9. The molecule has 2 saturated heterocycles. The molecule has 4 aromatic rings. The fourth-order valence-corrected chi connectivity index (χ4v) is 5.59. The summed E-state index contributed by atoms with van der Waals surface area (Å²) in [6.45, 7) is 6.81. The first kappa shape index (κ1) is 23.8. The molecule has 0 radical (unpaired) electrons. The van der Waals surface area contributed by atoms with Gasteiger partial charge in [-0.3, -0.25) is 9.69 Å². The van der Waals surface area contributed by atoms with Gasteiger partial charge in [0, 0.05) is 49.6 Å². The van der Waals surface area contributed by atoms with Crippen LogP contribution in [0.25, 0.3) is 10.9 Å². The Morgan fingerprint density at radius 2 is 1.92 bits per heavy atom. The van der Waals surface area contributed by atoms with Crippen LogP contribution in [0, 0.1) is 0 Å². The molecule has 0 saturated carbocycles. The van der Waals surface area contributed by atoms with E-state index in [0.717, 1.165) is 63.0 Å². The van der Waals surface area contributed by atoms with Crippen molar-refractivity contribution in [2.45, 2.75) is 44.9 Å². The van der Waals surface area contributed by atoms with Gasteiger partial charge in [-0.2, -0.15) is 0 Å². The minimum atomic E-state index is -0.354. The van der Waals surface area contributed by atoms with Crippen LogP contribution in [-0.4, -0.2) is 69.0 Å². The Labute approximate surface area is 216 Å². The van der Waals surface area contributed by atoms with Crippen LogP contribution in [0.2, 0.25) is 0 Å². The fraction of sp³-hybridized carbons (Fsp3) is 0.429. The van der Waals surface area contributed by atoms with Crippen LogP contribution < -0.4 is 10.5 Å². The Bertz CT molecular complexity index is 1400. The summed E-state index contributed by atoms with van der Waals surface area (Å²) >= 11 is 0. The molecule has 9 heteroatoms. The van der Waals surface area contributed by atoms with Crippen molar-refractivity contribution in [1.82, 2.24) is 30.1 Å². The molecule has 0 spiro atoms. The van der Waals surface area contributed by atoms with Gasteiger partial charge in [0.25, 0.3) is 5.56 Å². The predicted molar refractivity (Wildman–Crippen MR) is 143 cm³/mol. The van der Waals surface area contributed by atoms with Gasteiger partial charge in [-0.05, 0) is 71.0 Å². The number of hydrogen-bond donors (Lipinski definition) is 1. The molecule has 37 heavy (non-hydrogen) atoms. The lowest BCUT2D eigenvalue weighted by molar-refractivity contribution is 0.0906. The molecule has 4 heterocycles. The summed E-state index contributed by atoms with van der Waals surface area (Å²) in [4.78, 5) is 21.4. The van der Waals surface area contributed by atoms with Gasteiger partial charge in [0.2, 0.25) is 0 Å². The molecule has 2 fully saturated rings. The third-order valence-electron chi connectivity index (χ3n) is 7.65. The normalized spacial score (nSPS) is 19.5. The van der Waals surface area contributed by atoms with E-state index >= 15 is 0 Å². The first-order chi connectivity index (χ1) is 18.2. The summed E-state index contributed by atoms with van der Waals surface area (Å²) < 4.78 is 7.72. The lowest BCUT2D eigenvalue weighted by Gasteiger charge is -2.39. The largest absolute Gasteiger partial charge is 0.376 e. The molecule has 2 aromatic heterocycles. The average molecular weight is 500 g/mol. The fourth-order valence-electron chi connectivity index (χ4n) is 5.59. The number of rotatable bonds is 7. The topological polar surface area (TPSA) is 92.2 Å². The number of aromatic amines is 1. The molecule has 0 amide bonds. The lowest BCUT2D eigenvalue weighted by Crippen LogP contribution is -2.49. The van der Waals surface area contributed by atoms with Crippen molar-refractivity contribution in [2.24, 2.45) is 0 Å². The van der Waals surface area contributed by atoms with E-state index in [1.54, 1.807) is 0 Å². The molecule has 0 unspecified atom stereocenters. The smallest absolute Gasteiger partial charge is 0.253 e. The number of hydrogen-bond acceptors (Lipinski definition) is 7. The number of para-hydroxylation sites is 1. The third-order valence-corrected chi connectivity index (χ3v) is 7.65. The molecule has 2 aromatic carbocycles. The molecule has 9 nitrogen and oxygen atoms in total. The number of H-pyrrole nitrogens is 1. The van der Waals surface area contributed by atoms with Gasteiger partial charge in [-0.25, -0.2) is 4.68 Å². The zero-order valence-electron chi connectivity index (χ0n) is 21.2.